The molecule has 2 N–H and O–H groups in total. The van der Waals surface area contributed by atoms with Crippen LogP contribution in [0.2, 0.25) is 0 Å². The summed E-state index contributed by atoms with van der Waals surface area (Å²) in [7, 11) is 0. The van der Waals surface area contributed by atoms with Gasteiger partial charge in [-0.3, -0.25) is 4.79 Å². The van der Waals surface area contributed by atoms with Gasteiger partial charge in [0.2, 0.25) is 5.91 Å². The van der Waals surface area contributed by atoms with Crippen LogP contribution in [0.4, 0.5) is 0 Å². The maximum atomic E-state index is 11.9. The Balaban J connectivity index is 2.34. The Labute approximate surface area is 98.0 Å². The van der Waals surface area contributed by atoms with Crippen molar-refractivity contribution in [3.8, 4) is 0 Å². The molecule has 1 fully saturated rings. The van der Waals surface area contributed by atoms with Gasteiger partial charge in [-0.1, -0.05) is 13.8 Å². The summed E-state index contributed by atoms with van der Waals surface area (Å²) in [5.41, 5.74) is 0. The number of aliphatic hydroxyl groups excluding tert-OH is 1. The number of nitrogens with one attached hydrogen (secondary N) is 1. The van der Waals surface area contributed by atoms with Gasteiger partial charge < -0.3 is 15.3 Å². The quantitative estimate of drug-likeness (QED) is 0.725. The molecule has 1 rings (SSSR count). The van der Waals surface area contributed by atoms with Crippen LogP contribution in [0.25, 0.3) is 0 Å². The summed E-state index contributed by atoms with van der Waals surface area (Å²) in [6.45, 7) is 6.62. The van der Waals surface area contributed by atoms with Crippen LogP contribution in [0.15, 0.2) is 0 Å². The first-order chi connectivity index (χ1) is 7.63. The van der Waals surface area contributed by atoms with Crippen molar-refractivity contribution in [1.82, 2.24) is 10.2 Å². The molecule has 1 amide bonds. The molecular weight excluding hydrogens is 204 g/mol. The molecule has 1 aliphatic rings. The van der Waals surface area contributed by atoms with Gasteiger partial charge in [0, 0.05) is 32.1 Å². The van der Waals surface area contributed by atoms with E-state index in [2.05, 4.69) is 19.2 Å². The molecule has 0 aromatic heterocycles. The van der Waals surface area contributed by atoms with Crippen molar-refractivity contribution < 1.29 is 9.90 Å². The predicted octanol–water partition coefficient (Wildman–Crippen LogP) is 0.605. The fraction of sp³-hybridized carbons (Fsp3) is 0.917. The molecule has 0 aromatic carbocycles. The minimum absolute atomic E-state index is 0.163. The van der Waals surface area contributed by atoms with E-state index in [1.807, 2.05) is 4.90 Å². The molecule has 0 radical (unpaired) electrons. The minimum atomic E-state index is 0.163. The highest BCUT2D eigenvalue weighted by atomic mass is 16.3. The molecule has 1 saturated heterocycles. The molecule has 0 spiro atoms. The minimum Gasteiger partial charge on any atom is -0.395 e. The Morgan fingerprint density at radius 2 is 2.31 bits per heavy atom. The molecular formula is C12H24N2O2. The van der Waals surface area contributed by atoms with Crippen LogP contribution < -0.4 is 5.32 Å². The molecule has 1 aliphatic heterocycles. The van der Waals surface area contributed by atoms with E-state index in [0.717, 1.165) is 25.9 Å². The van der Waals surface area contributed by atoms with E-state index in [9.17, 15) is 4.79 Å². The molecule has 94 valence electrons. The van der Waals surface area contributed by atoms with Crippen LogP contribution >= 0.6 is 0 Å². The van der Waals surface area contributed by atoms with Gasteiger partial charge in [0.25, 0.3) is 0 Å². The smallest absolute Gasteiger partial charge is 0.222 e. The van der Waals surface area contributed by atoms with Crippen LogP contribution in [0, 0.1) is 5.92 Å². The summed E-state index contributed by atoms with van der Waals surface area (Å²) in [6, 6.07) is 0.358. The number of carbonyl (C=O) groups excluding carboxylic acids is 1. The second-order valence-electron chi connectivity index (χ2n) is 4.95. The van der Waals surface area contributed by atoms with Gasteiger partial charge in [0.1, 0.15) is 0 Å². The highest BCUT2D eigenvalue weighted by Crippen LogP contribution is 2.13. The molecule has 1 atom stereocenters. The monoisotopic (exact) mass is 228 g/mol. The lowest BCUT2D eigenvalue weighted by Gasteiger charge is -2.33. The second-order valence-corrected chi connectivity index (χ2v) is 4.95. The zero-order valence-electron chi connectivity index (χ0n) is 10.4. The maximum absolute atomic E-state index is 11.9. The molecule has 0 saturated carbocycles. The lowest BCUT2D eigenvalue weighted by atomic mass is 10.0. The SMILES string of the molecule is CC(C)CC(=O)N1CCCC(NCCO)C1. The van der Waals surface area contributed by atoms with E-state index >= 15 is 0 Å². The van der Waals surface area contributed by atoms with Crippen molar-refractivity contribution in [2.24, 2.45) is 5.92 Å². The molecule has 16 heavy (non-hydrogen) atoms. The molecule has 0 bridgehead atoms. The molecule has 1 heterocycles. The standard InChI is InChI=1S/C12H24N2O2/c1-10(2)8-12(16)14-6-3-4-11(9-14)13-5-7-15/h10-11,13,15H,3-9H2,1-2H3. The highest BCUT2D eigenvalue weighted by molar-refractivity contribution is 5.76. The number of likely N-dealkylation sites (tertiary alicyclic amines) is 1. The van der Waals surface area contributed by atoms with Gasteiger partial charge in [-0.05, 0) is 18.8 Å². The third-order valence-electron chi connectivity index (χ3n) is 2.90. The van der Waals surface area contributed by atoms with Gasteiger partial charge >= 0.3 is 0 Å². The van der Waals surface area contributed by atoms with E-state index in [4.69, 9.17) is 5.11 Å². The van der Waals surface area contributed by atoms with Gasteiger partial charge in [0.15, 0.2) is 0 Å². The van der Waals surface area contributed by atoms with Crippen LogP contribution in [-0.2, 0) is 4.79 Å². The fourth-order valence-corrected chi connectivity index (χ4v) is 2.12. The second kappa shape index (κ2) is 6.86. The van der Waals surface area contributed by atoms with E-state index in [1.165, 1.54) is 0 Å². The number of rotatable bonds is 5. The van der Waals surface area contributed by atoms with E-state index in [-0.39, 0.29) is 12.5 Å². The first-order valence-corrected chi connectivity index (χ1v) is 6.25. The van der Waals surface area contributed by atoms with E-state index in [1.54, 1.807) is 0 Å². The molecule has 4 heteroatoms. The zero-order chi connectivity index (χ0) is 12.0. The summed E-state index contributed by atoms with van der Waals surface area (Å²) in [4.78, 5) is 13.8. The van der Waals surface area contributed by atoms with Gasteiger partial charge in [-0.25, -0.2) is 0 Å². The first-order valence-electron chi connectivity index (χ1n) is 6.25. The fourth-order valence-electron chi connectivity index (χ4n) is 2.12. The topological polar surface area (TPSA) is 52.6 Å². The van der Waals surface area contributed by atoms with Crippen LogP contribution in [0.5, 0.6) is 0 Å². The van der Waals surface area contributed by atoms with Crippen molar-refractivity contribution in [2.75, 3.05) is 26.2 Å². The Hall–Kier alpha value is -0.610. The molecule has 0 aliphatic carbocycles. The lowest BCUT2D eigenvalue weighted by molar-refractivity contribution is -0.133. The number of hydrogen-bond donors (Lipinski definition) is 2. The first kappa shape index (κ1) is 13.5. The summed E-state index contributed by atoms with van der Waals surface area (Å²) < 4.78 is 0. The maximum Gasteiger partial charge on any atom is 0.222 e. The number of amides is 1. The van der Waals surface area contributed by atoms with Crippen LogP contribution in [0.1, 0.15) is 33.1 Å². The largest absolute Gasteiger partial charge is 0.395 e. The van der Waals surface area contributed by atoms with Crippen molar-refractivity contribution in [3.63, 3.8) is 0 Å². The van der Waals surface area contributed by atoms with Crippen molar-refractivity contribution in [3.05, 3.63) is 0 Å². The van der Waals surface area contributed by atoms with Crippen LogP contribution in [-0.4, -0.2) is 48.2 Å². The lowest BCUT2D eigenvalue weighted by Crippen LogP contribution is -2.48. The Morgan fingerprint density at radius 1 is 1.56 bits per heavy atom. The summed E-state index contributed by atoms with van der Waals surface area (Å²) >= 11 is 0. The molecule has 4 nitrogen and oxygen atoms in total. The van der Waals surface area contributed by atoms with E-state index < -0.39 is 0 Å². The number of hydrogen-bond acceptors (Lipinski definition) is 3. The van der Waals surface area contributed by atoms with Crippen LogP contribution in [0.3, 0.4) is 0 Å². The summed E-state index contributed by atoms with van der Waals surface area (Å²) in [5, 5.41) is 12.0. The third kappa shape index (κ3) is 4.49. The Bertz CT molecular complexity index is 219. The molecule has 1 unspecified atom stereocenters. The highest BCUT2D eigenvalue weighted by Gasteiger charge is 2.23. The summed E-state index contributed by atoms with van der Waals surface area (Å²) in [6.07, 6.45) is 2.81. The number of nitrogens with zero attached hydrogens (tertiary/aromatic N) is 1. The van der Waals surface area contributed by atoms with Gasteiger partial charge in [-0.15, -0.1) is 0 Å². The van der Waals surface area contributed by atoms with Gasteiger partial charge in [0.05, 0.1) is 6.61 Å². The average molecular weight is 228 g/mol. The van der Waals surface area contributed by atoms with Gasteiger partial charge in [-0.2, -0.15) is 0 Å². The summed E-state index contributed by atoms with van der Waals surface area (Å²) in [5.74, 6) is 0.698. The zero-order valence-corrected chi connectivity index (χ0v) is 10.4. The Morgan fingerprint density at radius 3 is 2.94 bits per heavy atom. The van der Waals surface area contributed by atoms with Crippen molar-refractivity contribution in [2.45, 2.75) is 39.2 Å². The van der Waals surface area contributed by atoms with Crippen molar-refractivity contribution in [1.29, 1.82) is 0 Å². The number of piperidine rings is 1. The Kier molecular flexibility index (Phi) is 5.77. The normalized spacial score (nSPS) is 21.5. The third-order valence-corrected chi connectivity index (χ3v) is 2.90. The van der Waals surface area contributed by atoms with E-state index in [0.29, 0.717) is 24.9 Å². The number of carbonyl (C=O) groups is 1. The predicted molar refractivity (Wildman–Crippen MR) is 64.1 cm³/mol. The van der Waals surface area contributed by atoms with Crippen molar-refractivity contribution >= 4 is 5.91 Å². The average Bonchev–Trinajstić information content (AvgIpc) is 2.26. The number of aliphatic hydroxyl groups is 1. The molecule has 0 aromatic rings.